The third kappa shape index (κ3) is 4.33. The predicted octanol–water partition coefficient (Wildman–Crippen LogP) is 2.30. The molecule has 126 valence electrons. The maximum atomic E-state index is 12.1. The lowest BCUT2D eigenvalue weighted by Crippen LogP contribution is -2.31. The Morgan fingerprint density at radius 1 is 1.04 bits per heavy atom. The number of carbonyl (C=O) groups is 2. The van der Waals surface area contributed by atoms with Crippen molar-refractivity contribution < 1.29 is 24.2 Å². The molecule has 0 aliphatic heterocycles. The van der Waals surface area contributed by atoms with Crippen LogP contribution in [0.2, 0.25) is 0 Å². The normalized spacial score (nSPS) is 12.8. The number of hydrogen-bond donors (Lipinski definition) is 2. The van der Waals surface area contributed by atoms with E-state index in [-0.39, 0.29) is 0 Å². The van der Waals surface area contributed by atoms with Crippen molar-refractivity contribution in [3.8, 4) is 5.75 Å². The molecule has 0 fully saturated rings. The average molecular weight is 329 g/mol. The number of methoxy groups -OCH3 is 1. The Labute approximate surface area is 140 Å². The smallest absolute Gasteiger partial charge is 0.340 e. The van der Waals surface area contributed by atoms with Gasteiger partial charge in [-0.1, -0.05) is 42.5 Å². The van der Waals surface area contributed by atoms with E-state index in [1.807, 2.05) is 0 Å². The van der Waals surface area contributed by atoms with Gasteiger partial charge >= 0.3 is 5.97 Å². The van der Waals surface area contributed by atoms with Crippen molar-refractivity contribution in [3.63, 3.8) is 0 Å². The van der Waals surface area contributed by atoms with Crippen LogP contribution in [0.5, 0.6) is 5.75 Å². The fourth-order valence-corrected chi connectivity index (χ4v) is 2.05. The maximum Gasteiger partial charge on any atom is 0.340 e. The van der Waals surface area contributed by atoms with Crippen molar-refractivity contribution in [3.05, 3.63) is 60.2 Å². The molecular weight excluding hydrogens is 310 g/mol. The lowest BCUT2D eigenvalue weighted by Gasteiger charge is -2.17. The molecule has 2 rings (SSSR count). The standard InChI is InChI=1S/C18H19NO5/c1-12(17(21)19-14-10-6-7-11-15(14)23-2)24-18(22)16(20)13-8-4-3-5-9-13/h3-12,16,20H,1-2H3,(H,19,21)/t12-,16+/m1/s1. The second kappa shape index (κ2) is 8.12. The molecular formula is C18H19NO5. The number of anilines is 1. The molecule has 0 aliphatic carbocycles. The summed E-state index contributed by atoms with van der Waals surface area (Å²) in [4.78, 5) is 24.1. The average Bonchev–Trinajstić information content (AvgIpc) is 2.62. The van der Waals surface area contributed by atoms with Gasteiger partial charge in [-0.2, -0.15) is 0 Å². The molecule has 2 aromatic carbocycles. The molecule has 1 amide bonds. The molecule has 2 N–H and O–H groups in total. The predicted molar refractivity (Wildman–Crippen MR) is 88.6 cm³/mol. The van der Waals surface area contributed by atoms with E-state index in [1.165, 1.54) is 14.0 Å². The Morgan fingerprint density at radius 2 is 1.67 bits per heavy atom. The van der Waals surface area contributed by atoms with Crippen molar-refractivity contribution in [1.82, 2.24) is 0 Å². The monoisotopic (exact) mass is 329 g/mol. The summed E-state index contributed by atoms with van der Waals surface area (Å²) in [7, 11) is 1.49. The minimum Gasteiger partial charge on any atom is -0.495 e. The third-order valence-corrected chi connectivity index (χ3v) is 3.37. The summed E-state index contributed by atoms with van der Waals surface area (Å²) in [5, 5.41) is 12.6. The summed E-state index contributed by atoms with van der Waals surface area (Å²) in [6.07, 6.45) is -2.51. The zero-order valence-corrected chi connectivity index (χ0v) is 13.4. The van der Waals surface area contributed by atoms with Crippen molar-refractivity contribution in [2.75, 3.05) is 12.4 Å². The van der Waals surface area contributed by atoms with Crippen LogP contribution in [0.25, 0.3) is 0 Å². The highest BCUT2D eigenvalue weighted by atomic mass is 16.6. The Kier molecular flexibility index (Phi) is 5.92. The summed E-state index contributed by atoms with van der Waals surface area (Å²) in [5.41, 5.74) is 0.872. The summed E-state index contributed by atoms with van der Waals surface area (Å²) in [6.45, 7) is 1.43. The van der Waals surface area contributed by atoms with Crippen LogP contribution in [-0.2, 0) is 14.3 Å². The Hall–Kier alpha value is -2.86. The van der Waals surface area contributed by atoms with Crippen molar-refractivity contribution in [1.29, 1.82) is 0 Å². The van der Waals surface area contributed by atoms with Gasteiger partial charge in [-0.15, -0.1) is 0 Å². The number of hydrogen-bond acceptors (Lipinski definition) is 5. The first-order valence-corrected chi connectivity index (χ1v) is 7.40. The highest BCUT2D eigenvalue weighted by molar-refractivity contribution is 5.96. The highest BCUT2D eigenvalue weighted by Gasteiger charge is 2.24. The van der Waals surface area contributed by atoms with E-state index in [2.05, 4.69) is 5.32 Å². The Bertz CT molecular complexity index is 702. The van der Waals surface area contributed by atoms with Gasteiger partial charge in [0.05, 0.1) is 12.8 Å². The van der Waals surface area contributed by atoms with Crippen LogP contribution in [0.15, 0.2) is 54.6 Å². The summed E-state index contributed by atoms with van der Waals surface area (Å²) < 4.78 is 10.2. The largest absolute Gasteiger partial charge is 0.495 e. The molecule has 0 unspecified atom stereocenters. The first-order valence-electron chi connectivity index (χ1n) is 7.40. The number of para-hydroxylation sites is 2. The van der Waals surface area contributed by atoms with Crippen LogP contribution in [0, 0.1) is 0 Å². The molecule has 0 aromatic heterocycles. The number of carbonyl (C=O) groups excluding carboxylic acids is 2. The lowest BCUT2D eigenvalue weighted by molar-refractivity contribution is -0.162. The van der Waals surface area contributed by atoms with E-state index >= 15 is 0 Å². The molecule has 0 bridgehead atoms. The number of nitrogens with one attached hydrogen (secondary N) is 1. The van der Waals surface area contributed by atoms with Crippen LogP contribution in [0.1, 0.15) is 18.6 Å². The van der Waals surface area contributed by atoms with Crippen molar-refractivity contribution in [2.24, 2.45) is 0 Å². The number of aliphatic hydroxyl groups excluding tert-OH is 1. The molecule has 0 saturated heterocycles. The minimum absolute atomic E-state index is 0.403. The van der Waals surface area contributed by atoms with Crippen LogP contribution in [0.3, 0.4) is 0 Å². The van der Waals surface area contributed by atoms with Gasteiger partial charge in [0, 0.05) is 0 Å². The van der Waals surface area contributed by atoms with Gasteiger partial charge in [-0.05, 0) is 24.6 Å². The molecule has 0 aliphatic rings. The highest BCUT2D eigenvalue weighted by Crippen LogP contribution is 2.23. The van der Waals surface area contributed by atoms with Crippen molar-refractivity contribution in [2.45, 2.75) is 19.1 Å². The topological polar surface area (TPSA) is 84.9 Å². The van der Waals surface area contributed by atoms with Crippen LogP contribution in [0.4, 0.5) is 5.69 Å². The second-order valence-electron chi connectivity index (χ2n) is 5.08. The molecule has 6 nitrogen and oxygen atoms in total. The zero-order valence-electron chi connectivity index (χ0n) is 13.4. The van der Waals surface area contributed by atoms with Gasteiger partial charge in [0.2, 0.25) is 0 Å². The fraction of sp³-hybridized carbons (Fsp3) is 0.222. The van der Waals surface area contributed by atoms with Gasteiger partial charge in [0.1, 0.15) is 5.75 Å². The lowest BCUT2D eigenvalue weighted by atomic mass is 10.1. The minimum atomic E-state index is -1.44. The van der Waals surface area contributed by atoms with Gasteiger partial charge in [0.25, 0.3) is 5.91 Å². The number of amides is 1. The second-order valence-corrected chi connectivity index (χ2v) is 5.08. The van der Waals surface area contributed by atoms with Crippen LogP contribution in [-0.4, -0.2) is 30.2 Å². The third-order valence-electron chi connectivity index (χ3n) is 3.37. The van der Waals surface area contributed by atoms with Gasteiger partial charge in [0.15, 0.2) is 12.2 Å². The Balaban J connectivity index is 1.97. The van der Waals surface area contributed by atoms with E-state index in [4.69, 9.17) is 9.47 Å². The molecule has 2 aromatic rings. The Morgan fingerprint density at radius 3 is 2.33 bits per heavy atom. The van der Waals surface area contributed by atoms with Crippen molar-refractivity contribution >= 4 is 17.6 Å². The SMILES string of the molecule is COc1ccccc1NC(=O)[C@@H](C)OC(=O)[C@@H](O)c1ccccc1. The molecule has 0 saturated carbocycles. The molecule has 2 atom stereocenters. The maximum absolute atomic E-state index is 12.1. The fourth-order valence-electron chi connectivity index (χ4n) is 2.05. The van der Waals surface area contributed by atoms with E-state index in [1.54, 1.807) is 54.6 Å². The molecule has 0 heterocycles. The number of esters is 1. The number of aliphatic hydroxyl groups is 1. The molecule has 0 spiro atoms. The number of rotatable bonds is 6. The van der Waals surface area contributed by atoms with Crippen LogP contribution < -0.4 is 10.1 Å². The molecule has 6 heteroatoms. The van der Waals surface area contributed by atoms with E-state index < -0.39 is 24.1 Å². The quantitative estimate of drug-likeness (QED) is 0.794. The van der Waals surface area contributed by atoms with Crippen LogP contribution >= 0.6 is 0 Å². The number of ether oxygens (including phenoxy) is 2. The number of benzene rings is 2. The van der Waals surface area contributed by atoms with E-state index in [9.17, 15) is 14.7 Å². The van der Waals surface area contributed by atoms with Gasteiger partial charge < -0.3 is 19.9 Å². The summed E-state index contributed by atoms with van der Waals surface area (Å²) in [6, 6.07) is 15.3. The van der Waals surface area contributed by atoms with E-state index in [0.29, 0.717) is 17.0 Å². The zero-order chi connectivity index (χ0) is 17.5. The first-order chi connectivity index (χ1) is 11.5. The van der Waals surface area contributed by atoms with Gasteiger partial charge in [-0.25, -0.2) is 4.79 Å². The summed E-state index contributed by atoms with van der Waals surface area (Å²) in [5.74, 6) is -0.911. The molecule has 24 heavy (non-hydrogen) atoms. The van der Waals surface area contributed by atoms with Gasteiger partial charge in [-0.3, -0.25) is 4.79 Å². The summed E-state index contributed by atoms with van der Waals surface area (Å²) >= 11 is 0. The van der Waals surface area contributed by atoms with E-state index in [0.717, 1.165) is 0 Å². The molecule has 0 radical (unpaired) electrons. The first kappa shape index (κ1) is 17.5.